The summed E-state index contributed by atoms with van der Waals surface area (Å²) in [6.45, 7) is 5.14. The van der Waals surface area contributed by atoms with Crippen LogP contribution in [-0.4, -0.2) is 18.7 Å². The van der Waals surface area contributed by atoms with Gasteiger partial charge in [0.2, 0.25) is 10.0 Å². The number of aryl methyl sites for hydroxylation is 2. The highest BCUT2D eigenvalue weighted by atomic mass is 79.9. The van der Waals surface area contributed by atoms with Crippen LogP contribution in [0.15, 0.2) is 16.6 Å². The monoisotopic (exact) mass is 350 g/mol. The molecule has 18 heavy (non-hydrogen) atoms. The summed E-state index contributed by atoms with van der Waals surface area (Å²) in [6.07, 6.45) is 0. The molecule has 4 nitrogen and oxygen atoms in total. The lowest BCUT2D eigenvalue weighted by atomic mass is 10.1. The molecular weight excluding hydrogens is 336 g/mol. The summed E-state index contributed by atoms with van der Waals surface area (Å²) in [5.74, 6) is 0. The first-order valence-corrected chi connectivity index (χ1v) is 7.97. The largest absolute Gasteiger partial charge is 0.392 e. The third-order valence-corrected chi connectivity index (χ3v) is 5.24. The number of hydrogen-bond donors (Lipinski definition) is 2. The fourth-order valence-corrected chi connectivity index (χ4v) is 3.61. The molecule has 0 fully saturated rings. The number of sulfonamides is 1. The first-order chi connectivity index (χ1) is 8.15. The highest BCUT2D eigenvalue weighted by Gasteiger charge is 2.24. The molecule has 0 radical (unpaired) electrons. The fourth-order valence-electron chi connectivity index (χ4n) is 1.46. The Kier molecular flexibility index (Phi) is 4.74. The topological polar surface area (TPSA) is 72.2 Å². The molecule has 1 aromatic rings. The van der Waals surface area contributed by atoms with Crippen LogP contribution in [0.1, 0.15) is 18.1 Å². The van der Waals surface area contributed by atoms with E-state index >= 15 is 0 Å². The van der Waals surface area contributed by atoms with Gasteiger partial charge in [0.1, 0.15) is 5.25 Å². The fraction of sp³-hybridized carbons (Fsp3) is 0.364. The molecule has 0 aliphatic heterocycles. The second-order valence-electron chi connectivity index (χ2n) is 4.11. The third kappa shape index (κ3) is 3.43. The highest BCUT2D eigenvalue weighted by Crippen LogP contribution is 2.26. The van der Waals surface area contributed by atoms with Crippen LogP contribution in [0, 0.1) is 13.8 Å². The molecule has 1 unspecified atom stereocenters. The number of thiocarbonyl (C=S) groups is 1. The lowest BCUT2D eigenvalue weighted by Gasteiger charge is -2.17. The maximum absolute atomic E-state index is 12.0. The van der Waals surface area contributed by atoms with Gasteiger partial charge in [-0.2, -0.15) is 0 Å². The molecule has 0 aliphatic carbocycles. The number of nitrogens with one attached hydrogen (secondary N) is 1. The van der Waals surface area contributed by atoms with E-state index in [1.54, 1.807) is 0 Å². The Hall–Kier alpha value is -0.660. The molecule has 0 spiro atoms. The van der Waals surface area contributed by atoms with Crippen LogP contribution in [0.25, 0.3) is 0 Å². The molecule has 0 saturated carbocycles. The normalized spacial score (nSPS) is 13.1. The van der Waals surface area contributed by atoms with Crippen molar-refractivity contribution in [3.63, 3.8) is 0 Å². The molecule has 7 heteroatoms. The van der Waals surface area contributed by atoms with Crippen molar-refractivity contribution in [2.75, 3.05) is 4.72 Å². The van der Waals surface area contributed by atoms with Crippen LogP contribution >= 0.6 is 28.1 Å². The summed E-state index contributed by atoms with van der Waals surface area (Å²) < 4.78 is 27.5. The molecule has 0 heterocycles. The summed E-state index contributed by atoms with van der Waals surface area (Å²) >= 11 is 8.08. The maximum atomic E-state index is 12.0. The van der Waals surface area contributed by atoms with E-state index in [0.29, 0.717) is 5.69 Å². The zero-order chi connectivity index (χ0) is 14.1. The van der Waals surface area contributed by atoms with Gasteiger partial charge in [-0.1, -0.05) is 28.1 Å². The molecule has 0 bridgehead atoms. The molecule has 0 aliphatic rings. The van der Waals surface area contributed by atoms with Gasteiger partial charge in [-0.3, -0.25) is 4.72 Å². The standard InChI is InChI=1S/C11H15BrN2O2S2/c1-6-4-9(12)5-7(2)10(6)14-18(15,16)8(3)11(13)17/h4-5,8,14H,1-3H3,(H2,13,17). The highest BCUT2D eigenvalue weighted by molar-refractivity contribution is 9.10. The summed E-state index contributed by atoms with van der Waals surface area (Å²) in [7, 11) is -3.60. The van der Waals surface area contributed by atoms with E-state index in [0.717, 1.165) is 15.6 Å². The van der Waals surface area contributed by atoms with Crippen molar-refractivity contribution in [1.29, 1.82) is 0 Å². The minimum atomic E-state index is -3.60. The Morgan fingerprint density at radius 3 is 2.22 bits per heavy atom. The number of hydrogen-bond acceptors (Lipinski definition) is 3. The van der Waals surface area contributed by atoms with E-state index in [-0.39, 0.29) is 4.99 Å². The predicted molar refractivity (Wildman–Crippen MR) is 82.4 cm³/mol. The summed E-state index contributed by atoms with van der Waals surface area (Å²) in [6, 6.07) is 3.69. The van der Waals surface area contributed by atoms with Gasteiger partial charge in [-0.15, -0.1) is 0 Å². The van der Waals surface area contributed by atoms with Crippen molar-refractivity contribution in [1.82, 2.24) is 0 Å². The van der Waals surface area contributed by atoms with Crippen molar-refractivity contribution in [2.24, 2.45) is 5.73 Å². The first kappa shape index (κ1) is 15.4. The Morgan fingerprint density at radius 1 is 1.39 bits per heavy atom. The van der Waals surface area contributed by atoms with Crippen molar-refractivity contribution in [3.8, 4) is 0 Å². The average molecular weight is 351 g/mol. The molecule has 1 atom stereocenters. The number of anilines is 1. The van der Waals surface area contributed by atoms with Gasteiger partial charge in [0.25, 0.3) is 0 Å². The van der Waals surface area contributed by atoms with E-state index in [2.05, 4.69) is 20.7 Å². The van der Waals surface area contributed by atoms with Gasteiger partial charge >= 0.3 is 0 Å². The molecule has 1 aromatic carbocycles. The van der Waals surface area contributed by atoms with Gasteiger partial charge in [-0.25, -0.2) is 8.42 Å². The van der Waals surface area contributed by atoms with E-state index in [1.165, 1.54) is 6.92 Å². The molecule has 0 aromatic heterocycles. The number of rotatable bonds is 4. The molecular formula is C11H15BrN2O2S2. The predicted octanol–water partition coefficient (Wildman–Crippen LogP) is 2.48. The van der Waals surface area contributed by atoms with Crippen LogP contribution in [0.2, 0.25) is 0 Å². The molecule has 1 rings (SSSR count). The van der Waals surface area contributed by atoms with Crippen LogP contribution in [0.4, 0.5) is 5.69 Å². The quantitative estimate of drug-likeness (QED) is 0.818. The molecule has 0 amide bonds. The number of halogens is 1. The molecule has 0 saturated heterocycles. The van der Waals surface area contributed by atoms with Gasteiger partial charge in [-0.05, 0) is 44.0 Å². The Bertz CT molecular complexity index is 562. The Labute approximate surface area is 121 Å². The SMILES string of the molecule is Cc1cc(Br)cc(C)c1NS(=O)(=O)C(C)C(N)=S. The van der Waals surface area contributed by atoms with Crippen LogP contribution in [0.3, 0.4) is 0 Å². The minimum absolute atomic E-state index is 0.0464. The minimum Gasteiger partial charge on any atom is -0.392 e. The van der Waals surface area contributed by atoms with E-state index in [1.807, 2.05) is 26.0 Å². The Morgan fingerprint density at radius 2 is 1.83 bits per heavy atom. The smallest absolute Gasteiger partial charge is 0.241 e. The Balaban J connectivity index is 3.17. The maximum Gasteiger partial charge on any atom is 0.241 e. The number of nitrogens with two attached hydrogens (primary N) is 1. The van der Waals surface area contributed by atoms with E-state index in [9.17, 15) is 8.42 Å². The lowest BCUT2D eigenvalue weighted by molar-refractivity contribution is 0.598. The van der Waals surface area contributed by atoms with Crippen LogP contribution in [-0.2, 0) is 10.0 Å². The van der Waals surface area contributed by atoms with Gasteiger partial charge in [0.05, 0.1) is 10.7 Å². The number of benzene rings is 1. The van der Waals surface area contributed by atoms with Crippen molar-refractivity contribution < 1.29 is 8.42 Å². The molecule has 100 valence electrons. The van der Waals surface area contributed by atoms with E-state index < -0.39 is 15.3 Å². The summed E-state index contributed by atoms with van der Waals surface area (Å²) in [4.78, 5) is -0.0464. The van der Waals surface area contributed by atoms with Crippen molar-refractivity contribution >= 4 is 48.8 Å². The summed E-state index contributed by atoms with van der Waals surface area (Å²) in [5, 5.41) is -0.907. The second-order valence-corrected chi connectivity index (χ2v) is 7.49. The summed E-state index contributed by atoms with van der Waals surface area (Å²) in [5.41, 5.74) is 7.62. The van der Waals surface area contributed by atoms with Crippen LogP contribution in [0.5, 0.6) is 0 Å². The molecule has 3 N–H and O–H groups in total. The van der Waals surface area contributed by atoms with Crippen molar-refractivity contribution in [3.05, 3.63) is 27.7 Å². The van der Waals surface area contributed by atoms with Gasteiger partial charge in [0, 0.05) is 4.47 Å². The third-order valence-electron chi connectivity index (χ3n) is 2.61. The van der Waals surface area contributed by atoms with Crippen LogP contribution < -0.4 is 10.5 Å². The first-order valence-electron chi connectivity index (χ1n) is 5.23. The average Bonchev–Trinajstić information content (AvgIpc) is 2.22. The zero-order valence-corrected chi connectivity index (χ0v) is 13.5. The lowest BCUT2D eigenvalue weighted by Crippen LogP contribution is -2.36. The van der Waals surface area contributed by atoms with E-state index in [4.69, 9.17) is 18.0 Å². The second kappa shape index (κ2) is 5.54. The van der Waals surface area contributed by atoms with Crippen molar-refractivity contribution in [2.45, 2.75) is 26.0 Å². The van der Waals surface area contributed by atoms with Gasteiger partial charge < -0.3 is 5.73 Å². The zero-order valence-electron chi connectivity index (χ0n) is 10.3. The van der Waals surface area contributed by atoms with Gasteiger partial charge in [0.15, 0.2) is 0 Å².